The van der Waals surface area contributed by atoms with Gasteiger partial charge in [-0.25, -0.2) is 9.97 Å². The number of morpholine rings is 1. The Hall–Kier alpha value is -1.90. The fraction of sp³-hybridized carbons (Fsp3) is 0.500. The van der Waals surface area contributed by atoms with Gasteiger partial charge in [0.15, 0.2) is 5.16 Å². The number of hydrogen-bond acceptors (Lipinski definition) is 6. The first-order valence-corrected chi connectivity index (χ1v) is 10.0. The number of pyridine rings is 1. The third kappa shape index (κ3) is 4.84. The van der Waals surface area contributed by atoms with Gasteiger partial charge in [0.25, 0.3) is 0 Å². The highest BCUT2D eigenvalue weighted by atomic mass is 32.2. The van der Waals surface area contributed by atoms with Crippen LogP contribution in [-0.4, -0.2) is 64.4 Å². The van der Waals surface area contributed by atoms with E-state index in [1.165, 1.54) is 6.92 Å². The quantitative estimate of drug-likeness (QED) is 0.749. The smallest absolute Gasteiger partial charge is 0.222 e. The molecule has 3 heterocycles. The van der Waals surface area contributed by atoms with Crippen LogP contribution in [0.15, 0.2) is 29.7 Å². The van der Waals surface area contributed by atoms with E-state index in [1.54, 1.807) is 18.0 Å². The van der Waals surface area contributed by atoms with Gasteiger partial charge in [-0.3, -0.25) is 9.69 Å². The molecular formula is C18H25N5O2S. The Kier molecular flexibility index (Phi) is 6.65. The van der Waals surface area contributed by atoms with E-state index in [2.05, 4.69) is 24.8 Å². The molecule has 26 heavy (non-hydrogen) atoms. The van der Waals surface area contributed by atoms with E-state index in [4.69, 9.17) is 4.74 Å². The monoisotopic (exact) mass is 375 g/mol. The number of carbonyl (C=O) groups is 1. The van der Waals surface area contributed by atoms with Crippen LogP contribution in [0, 0.1) is 0 Å². The van der Waals surface area contributed by atoms with Crippen molar-refractivity contribution < 1.29 is 9.53 Å². The van der Waals surface area contributed by atoms with E-state index < -0.39 is 0 Å². The van der Waals surface area contributed by atoms with Crippen molar-refractivity contribution in [3.8, 4) is 11.3 Å². The summed E-state index contributed by atoms with van der Waals surface area (Å²) >= 11 is 1.64. The highest BCUT2D eigenvalue weighted by molar-refractivity contribution is 7.98. The summed E-state index contributed by atoms with van der Waals surface area (Å²) < 4.78 is 7.66. The van der Waals surface area contributed by atoms with E-state index in [0.717, 1.165) is 62.2 Å². The van der Waals surface area contributed by atoms with E-state index in [1.807, 2.05) is 24.6 Å². The predicted octanol–water partition coefficient (Wildman–Crippen LogP) is 2.35. The molecule has 0 aliphatic carbocycles. The summed E-state index contributed by atoms with van der Waals surface area (Å²) in [6, 6.07) is 3.84. The number of hydrogen-bond donors (Lipinski definition) is 1. The molecule has 140 valence electrons. The SMILES string of the molecule is CSc1ncc(-c2ccnc(NC(C)=O)c2)n1CCCN1CCOCC1. The zero-order valence-corrected chi connectivity index (χ0v) is 16.1. The maximum absolute atomic E-state index is 11.3. The van der Waals surface area contributed by atoms with Gasteiger partial charge in [-0.2, -0.15) is 0 Å². The molecule has 7 nitrogen and oxygen atoms in total. The molecule has 1 N–H and O–H groups in total. The Bertz CT molecular complexity index is 743. The Labute approximate surface area is 158 Å². The highest BCUT2D eigenvalue weighted by Crippen LogP contribution is 2.26. The van der Waals surface area contributed by atoms with Crippen LogP contribution in [0.5, 0.6) is 0 Å². The molecule has 0 aromatic carbocycles. The molecule has 0 spiro atoms. The molecule has 8 heteroatoms. The summed E-state index contributed by atoms with van der Waals surface area (Å²) in [5.74, 6) is 0.431. The maximum atomic E-state index is 11.3. The number of anilines is 1. The number of thioether (sulfide) groups is 1. The largest absolute Gasteiger partial charge is 0.379 e. The third-order valence-corrected chi connectivity index (χ3v) is 5.01. The van der Waals surface area contributed by atoms with Gasteiger partial charge in [0.1, 0.15) is 5.82 Å². The lowest BCUT2D eigenvalue weighted by Gasteiger charge is -2.26. The lowest BCUT2D eigenvalue weighted by Crippen LogP contribution is -2.37. The molecule has 0 bridgehead atoms. The minimum absolute atomic E-state index is 0.126. The fourth-order valence-corrected chi connectivity index (χ4v) is 3.65. The van der Waals surface area contributed by atoms with Crippen molar-refractivity contribution in [1.29, 1.82) is 0 Å². The molecule has 1 fully saturated rings. The van der Waals surface area contributed by atoms with Gasteiger partial charge in [-0.05, 0) is 24.8 Å². The number of amides is 1. The van der Waals surface area contributed by atoms with Crippen molar-refractivity contribution in [3.05, 3.63) is 24.5 Å². The van der Waals surface area contributed by atoms with Gasteiger partial charge in [0.2, 0.25) is 5.91 Å². The first-order chi connectivity index (χ1) is 12.7. The van der Waals surface area contributed by atoms with Gasteiger partial charge in [-0.15, -0.1) is 0 Å². The Morgan fingerprint density at radius 3 is 2.85 bits per heavy atom. The standard InChI is InChI=1S/C18H25N5O2S/c1-14(24)21-17-12-15(4-5-19-17)16-13-20-18(26-2)23(16)7-3-6-22-8-10-25-11-9-22/h4-5,12-13H,3,6-11H2,1-2H3,(H,19,21,24). The summed E-state index contributed by atoms with van der Waals surface area (Å²) in [5.41, 5.74) is 2.05. The average Bonchev–Trinajstić information content (AvgIpc) is 3.05. The van der Waals surface area contributed by atoms with Gasteiger partial charge in [-0.1, -0.05) is 11.8 Å². The maximum Gasteiger partial charge on any atom is 0.222 e. The number of nitrogens with zero attached hydrogens (tertiary/aromatic N) is 4. The molecule has 0 atom stereocenters. The zero-order valence-electron chi connectivity index (χ0n) is 15.3. The van der Waals surface area contributed by atoms with Gasteiger partial charge in [0, 0.05) is 44.9 Å². The lowest BCUT2D eigenvalue weighted by atomic mass is 10.2. The Morgan fingerprint density at radius 2 is 2.12 bits per heavy atom. The summed E-state index contributed by atoms with van der Waals surface area (Å²) in [6.07, 6.45) is 6.71. The van der Waals surface area contributed by atoms with E-state index >= 15 is 0 Å². The first kappa shape index (κ1) is 18.9. The minimum atomic E-state index is -0.126. The van der Waals surface area contributed by atoms with Gasteiger partial charge in [0.05, 0.1) is 25.1 Å². The third-order valence-electron chi connectivity index (χ3n) is 4.32. The molecule has 1 saturated heterocycles. The molecular weight excluding hydrogens is 350 g/mol. The van der Waals surface area contributed by atoms with Crippen molar-refractivity contribution in [1.82, 2.24) is 19.4 Å². The highest BCUT2D eigenvalue weighted by Gasteiger charge is 2.14. The Balaban J connectivity index is 1.73. The van der Waals surface area contributed by atoms with Crippen molar-refractivity contribution in [3.63, 3.8) is 0 Å². The lowest BCUT2D eigenvalue weighted by molar-refractivity contribution is -0.114. The van der Waals surface area contributed by atoms with E-state index in [-0.39, 0.29) is 5.91 Å². The molecule has 0 unspecified atom stereocenters. The van der Waals surface area contributed by atoms with Crippen LogP contribution in [0.4, 0.5) is 5.82 Å². The second-order valence-electron chi connectivity index (χ2n) is 6.20. The van der Waals surface area contributed by atoms with Crippen LogP contribution in [0.3, 0.4) is 0 Å². The second kappa shape index (κ2) is 9.16. The topological polar surface area (TPSA) is 72.3 Å². The molecule has 0 saturated carbocycles. The van der Waals surface area contributed by atoms with Crippen LogP contribution >= 0.6 is 11.8 Å². The summed E-state index contributed by atoms with van der Waals surface area (Å²) in [7, 11) is 0. The van der Waals surface area contributed by atoms with Gasteiger partial charge >= 0.3 is 0 Å². The van der Waals surface area contributed by atoms with Crippen LogP contribution in [0.2, 0.25) is 0 Å². The molecule has 0 radical (unpaired) electrons. The number of rotatable bonds is 7. The number of nitrogens with one attached hydrogen (secondary N) is 1. The second-order valence-corrected chi connectivity index (χ2v) is 6.97. The molecule has 2 aromatic rings. The fourth-order valence-electron chi connectivity index (χ4n) is 3.08. The van der Waals surface area contributed by atoms with Gasteiger partial charge < -0.3 is 14.6 Å². The van der Waals surface area contributed by atoms with Crippen LogP contribution in [-0.2, 0) is 16.1 Å². The minimum Gasteiger partial charge on any atom is -0.379 e. The summed E-state index contributed by atoms with van der Waals surface area (Å²) in [5, 5.41) is 3.74. The number of aromatic nitrogens is 3. The van der Waals surface area contributed by atoms with E-state index in [9.17, 15) is 4.79 Å². The number of carbonyl (C=O) groups excluding carboxylic acids is 1. The molecule has 1 aliphatic rings. The zero-order chi connectivity index (χ0) is 18.4. The Morgan fingerprint density at radius 1 is 1.31 bits per heavy atom. The molecule has 2 aromatic heterocycles. The van der Waals surface area contributed by atoms with Crippen LogP contribution in [0.25, 0.3) is 11.3 Å². The van der Waals surface area contributed by atoms with Crippen LogP contribution < -0.4 is 5.32 Å². The van der Waals surface area contributed by atoms with Crippen molar-refractivity contribution in [2.24, 2.45) is 0 Å². The molecule has 1 aliphatic heterocycles. The normalized spacial score (nSPS) is 15.2. The first-order valence-electron chi connectivity index (χ1n) is 8.81. The number of ether oxygens (including phenoxy) is 1. The molecule has 1 amide bonds. The average molecular weight is 375 g/mol. The molecule has 3 rings (SSSR count). The van der Waals surface area contributed by atoms with Crippen molar-refractivity contribution in [2.45, 2.75) is 25.0 Å². The van der Waals surface area contributed by atoms with Crippen molar-refractivity contribution >= 4 is 23.5 Å². The summed E-state index contributed by atoms with van der Waals surface area (Å²) in [4.78, 5) is 22.5. The van der Waals surface area contributed by atoms with Crippen LogP contribution in [0.1, 0.15) is 13.3 Å². The predicted molar refractivity (Wildman–Crippen MR) is 103 cm³/mol. The number of imidazole rings is 1. The van der Waals surface area contributed by atoms with Crippen molar-refractivity contribution in [2.75, 3.05) is 44.4 Å². The van der Waals surface area contributed by atoms with E-state index in [0.29, 0.717) is 5.82 Å². The summed E-state index contributed by atoms with van der Waals surface area (Å²) in [6.45, 7) is 7.12.